The van der Waals surface area contributed by atoms with E-state index in [9.17, 15) is 5.11 Å². The van der Waals surface area contributed by atoms with Crippen LogP contribution in [-0.4, -0.2) is 5.11 Å². The van der Waals surface area contributed by atoms with Crippen molar-refractivity contribution in [2.45, 2.75) is 6.92 Å². The average Bonchev–Trinajstić information content (AvgIpc) is 2.33. The molecule has 0 radical (unpaired) electrons. The van der Waals surface area contributed by atoms with Gasteiger partial charge >= 0.3 is 0 Å². The molecule has 0 unspecified atom stereocenters. The van der Waals surface area contributed by atoms with E-state index in [2.05, 4.69) is 10.2 Å². The van der Waals surface area contributed by atoms with Crippen LogP contribution in [0.25, 0.3) is 0 Å². The van der Waals surface area contributed by atoms with Crippen LogP contribution in [0.2, 0.25) is 0 Å². The lowest BCUT2D eigenvalue weighted by atomic mass is 10.2. The maximum Gasteiger partial charge on any atom is 0.166 e. The van der Waals surface area contributed by atoms with E-state index in [1.54, 1.807) is 24.3 Å². The smallest absolute Gasteiger partial charge is 0.166 e. The van der Waals surface area contributed by atoms with Crippen molar-refractivity contribution in [3.8, 4) is 5.75 Å². The van der Waals surface area contributed by atoms with Gasteiger partial charge in [-0.15, -0.1) is 10.2 Å². The monoisotopic (exact) mass is 242 g/mol. The molecule has 0 atom stereocenters. The Balaban J connectivity index is 2.38. The van der Waals surface area contributed by atoms with Crippen LogP contribution < -0.4 is 11.5 Å². The second-order valence-electron chi connectivity index (χ2n) is 3.98. The molecule has 5 nitrogen and oxygen atoms in total. The van der Waals surface area contributed by atoms with E-state index < -0.39 is 0 Å². The topological polar surface area (TPSA) is 97.0 Å². The van der Waals surface area contributed by atoms with E-state index in [-0.39, 0.29) is 11.4 Å². The number of aromatic hydroxyl groups is 1. The fourth-order valence-corrected chi connectivity index (χ4v) is 1.55. The minimum atomic E-state index is -0.0705. The highest BCUT2D eigenvalue weighted by atomic mass is 16.3. The van der Waals surface area contributed by atoms with Gasteiger partial charge in [-0.05, 0) is 36.8 Å². The van der Waals surface area contributed by atoms with Crippen LogP contribution in [0, 0.1) is 6.92 Å². The summed E-state index contributed by atoms with van der Waals surface area (Å²) in [6.07, 6.45) is 0. The van der Waals surface area contributed by atoms with Crippen LogP contribution in [-0.2, 0) is 0 Å². The van der Waals surface area contributed by atoms with Crippen molar-refractivity contribution in [2.75, 3.05) is 11.5 Å². The van der Waals surface area contributed by atoms with Gasteiger partial charge in [-0.3, -0.25) is 0 Å². The van der Waals surface area contributed by atoms with Crippen LogP contribution in [0.5, 0.6) is 5.75 Å². The number of nitrogens with two attached hydrogens (primary N) is 2. The molecule has 2 rings (SSSR count). The normalized spacial score (nSPS) is 10.9. The first-order valence-corrected chi connectivity index (χ1v) is 5.43. The quantitative estimate of drug-likeness (QED) is 0.428. The summed E-state index contributed by atoms with van der Waals surface area (Å²) in [6, 6.07) is 10.5. The van der Waals surface area contributed by atoms with Gasteiger partial charge in [0, 0.05) is 0 Å². The van der Waals surface area contributed by atoms with Gasteiger partial charge in [-0.25, -0.2) is 0 Å². The lowest BCUT2D eigenvalue weighted by molar-refractivity contribution is 0.479. The maximum absolute atomic E-state index is 9.76. The molecule has 5 heteroatoms. The number of benzene rings is 2. The molecule has 18 heavy (non-hydrogen) atoms. The van der Waals surface area contributed by atoms with Gasteiger partial charge in [0.05, 0.1) is 11.4 Å². The second-order valence-corrected chi connectivity index (χ2v) is 3.98. The molecule has 0 aliphatic rings. The SMILES string of the molecule is Cc1cc(N)c(O)c(N=Nc2ccccc2N)c1. The predicted octanol–water partition coefficient (Wildman–Crippen LogP) is 3.28. The van der Waals surface area contributed by atoms with Crippen molar-refractivity contribution in [1.82, 2.24) is 0 Å². The Kier molecular flexibility index (Phi) is 3.14. The molecule has 0 saturated heterocycles. The summed E-state index contributed by atoms with van der Waals surface area (Å²) in [4.78, 5) is 0. The average molecular weight is 242 g/mol. The van der Waals surface area contributed by atoms with Gasteiger partial charge < -0.3 is 16.6 Å². The zero-order valence-corrected chi connectivity index (χ0v) is 9.96. The minimum absolute atomic E-state index is 0.0705. The Bertz CT molecular complexity index is 608. The van der Waals surface area contributed by atoms with E-state index in [1.165, 1.54) is 0 Å². The summed E-state index contributed by atoms with van der Waals surface area (Å²) in [7, 11) is 0. The summed E-state index contributed by atoms with van der Waals surface area (Å²) in [5.74, 6) is -0.0705. The molecule has 0 spiro atoms. The van der Waals surface area contributed by atoms with Gasteiger partial charge in [0.1, 0.15) is 11.4 Å². The van der Waals surface area contributed by atoms with Crippen LogP contribution in [0.3, 0.4) is 0 Å². The molecule has 0 fully saturated rings. The first kappa shape index (κ1) is 11.9. The van der Waals surface area contributed by atoms with Crippen molar-refractivity contribution in [1.29, 1.82) is 0 Å². The van der Waals surface area contributed by atoms with Gasteiger partial charge in [0.15, 0.2) is 5.75 Å². The molecule has 5 N–H and O–H groups in total. The van der Waals surface area contributed by atoms with Gasteiger partial charge in [0.25, 0.3) is 0 Å². The lowest BCUT2D eigenvalue weighted by Gasteiger charge is -2.03. The molecule has 0 aromatic heterocycles. The molecular formula is C13H14N4O. The number of phenolic OH excluding ortho intramolecular Hbond substituents is 1. The Morgan fingerprint density at radius 1 is 0.944 bits per heavy atom. The highest BCUT2D eigenvalue weighted by molar-refractivity contribution is 5.68. The molecule has 0 aliphatic heterocycles. The van der Waals surface area contributed by atoms with Gasteiger partial charge in [-0.1, -0.05) is 12.1 Å². The number of anilines is 2. The van der Waals surface area contributed by atoms with Crippen molar-refractivity contribution in [2.24, 2.45) is 10.2 Å². The predicted molar refractivity (Wildman–Crippen MR) is 72.3 cm³/mol. The maximum atomic E-state index is 9.76. The van der Waals surface area contributed by atoms with Crippen molar-refractivity contribution in [3.63, 3.8) is 0 Å². The number of phenols is 1. The van der Waals surface area contributed by atoms with Crippen LogP contribution in [0.15, 0.2) is 46.6 Å². The zero-order valence-electron chi connectivity index (χ0n) is 9.96. The Morgan fingerprint density at radius 3 is 2.33 bits per heavy atom. The fraction of sp³-hybridized carbons (Fsp3) is 0.0769. The number of hydrogen-bond donors (Lipinski definition) is 3. The summed E-state index contributed by atoms with van der Waals surface area (Å²) < 4.78 is 0. The molecule has 2 aromatic carbocycles. The van der Waals surface area contributed by atoms with Crippen LogP contribution in [0.1, 0.15) is 5.56 Å². The largest absolute Gasteiger partial charge is 0.504 e. The number of aryl methyl sites for hydroxylation is 1. The zero-order chi connectivity index (χ0) is 13.1. The van der Waals surface area contributed by atoms with E-state index >= 15 is 0 Å². The summed E-state index contributed by atoms with van der Waals surface area (Å²) >= 11 is 0. The first-order valence-electron chi connectivity index (χ1n) is 5.43. The van der Waals surface area contributed by atoms with E-state index in [4.69, 9.17) is 11.5 Å². The number of rotatable bonds is 2. The Hall–Kier alpha value is -2.56. The highest BCUT2D eigenvalue weighted by Crippen LogP contribution is 2.35. The van der Waals surface area contributed by atoms with Crippen LogP contribution >= 0.6 is 0 Å². The minimum Gasteiger partial charge on any atom is -0.504 e. The van der Waals surface area contributed by atoms with E-state index in [1.807, 2.05) is 19.1 Å². The lowest BCUT2D eigenvalue weighted by Crippen LogP contribution is -1.87. The molecule has 0 heterocycles. The van der Waals surface area contributed by atoms with Crippen molar-refractivity contribution in [3.05, 3.63) is 42.0 Å². The Labute approximate surface area is 105 Å². The third kappa shape index (κ3) is 2.40. The van der Waals surface area contributed by atoms with Crippen LogP contribution in [0.4, 0.5) is 22.7 Å². The third-order valence-electron chi connectivity index (χ3n) is 2.47. The summed E-state index contributed by atoms with van der Waals surface area (Å²) in [6.45, 7) is 1.87. The summed E-state index contributed by atoms with van der Waals surface area (Å²) in [5.41, 5.74) is 14.0. The number of hydrogen-bond acceptors (Lipinski definition) is 5. The number of nitrogen functional groups attached to an aromatic ring is 2. The van der Waals surface area contributed by atoms with E-state index in [0.29, 0.717) is 17.1 Å². The number of para-hydroxylation sites is 1. The summed E-state index contributed by atoms with van der Waals surface area (Å²) in [5, 5.41) is 17.7. The van der Waals surface area contributed by atoms with Crippen molar-refractivity contribution < 1.29 is 5.11 Å². The standard InChI is InChI=1S/C13H14N4O/c1-8-6-10(15)13(18)12(7-8)17-16-11-5-3-2-4-9(11)14/h2-7,18H,14-15H2,1H3. The molecule has 0 bridgehead atoms. The van der Waals surface area contributed by atoms with Gasteiger partial charge in [-0.2, -0.15) is 0 Å². The van der Waals surface area contributed by atoms with Crippen molar-refractivity contribution >= 4 is 22.7 Å². The highest BCUT2D eigenvalue weighted by Gasteiger charge is 2.05. The van der Waals surface area contributed by atoms with Gasteiger partial charge in [0.2, 0.25) is 0 Å². The fourth-order valence-electron chi connectivity index (χ4n) is 1.55. The molecule has 2 aromatic rings. The molecule has 92 valence electrons. The molecule has 0 saturated carbocycles. The first-order chi connectivity index (χ1) is 8.58. The third-order valence-corrected chi connectivity index (χ3v) is 2.47. The van der Waals surface area contributed by atoms with E-state index in [0.717, 1.165) is 5.56 Å². The Morgan fingerprint density at radius 2 is 1.61 bits per heavy atom. The number of nitrogens with zero attached hydrogens (tertiary/aromatic N) is 2. The molecule has 0 aliphatic carbocycles. The second kappa shape index (κ2) is 4.75. The molecule has 0 amide bonds. The number of azo groups is 1. The molecular weight excluding hydrogens is 228 g/mol.